The molecule has 6 nitrogen and oxygen atoms in total. The summed E-state index contributed by atoms with van der Waals surface area (Å²) in [5.41, 5.74) is 9.24. The molecule has 7 atom stereocenters. The lowest BCUT2D eigenvalue weighted by Gasteiger charge is -2.59. The van der Waals surface area contributed by atoms with Crippen LogP contribution in [0.2, 0.25) is 0 Å². The van der Waals surface area contributed by atoms with Crippen LogP contribution >= 0.6 is 0 Å². The highest BCUT2D eigenvalue weighted by Crippen LogP contribution is 2.64. The molecule has 0 unspecified atom stereocenters. The lowest BCUT2D eigenvalue weighted by molar-refractivity contribution is -0.136. The minimum Gasteiger partial charge on any atom is -0.388 e. The minimum absolute atomic E-state index is 0.00597. The maximum Gasteiger partial charge on any atom is 0.155 e. The average molecular weight is 343 g/mol. The van der Waals surface area contributed by atoms with Gasteiger partial charge in [0, 0.05) is 23.2 Å². The number of hydrogen-bond acceptors (Lipinski definition) is 4. The van der Waals surface area contributed by atoms with Gasteiger partial charge in [-0.25, -0.2) is 0 Å². The van der Waals surface area contributed by atoms with Crippen molar-refractivity contribution >= 4 is 11.6 Å². The molecular formula is C19H25N3O3. The number of hydrogen-bond donors (Lipinski definition) is 1. The number of ketones is 2. The highest BCUT2D eigenvalue weighted by atomic mass is 16.3. The Morgan fingerprint density at radius 1 is 1.16 bits per heavy atom. The van der Waals surface area contributed by atoms with E-state index in [1.807, 2.05) is 0 Å². The number of rotatable bonds is 1. The highest BCUT2D eigenvalue weighted by Gasteiger charge is 2.63. The summed E-state index contributed by atoms with van der Waals surface area (Å²) >= 11 is 0. The molecule has 0 spiro atoms. The molecule has 0 radical (unpaired) electrons. The van der Waals surface area contributed by atoms with Gasteiger partial charge in [-0.3, -0.25) is 9.59 Å². The van der Waals surface area contributed by atoms with E-state index in [0.717, 1.165) is 31.3 Å². The van der Waals surface area contributed by atoms with Gasteiger partial charge in [-0.1, -0.05) is 19.0 Å². The molecule has 4 rings (SSSR count). The van der Waals surface area contributed by atoms with Gasteiger partial charge in [-0.15, -0.1) is 0 Å². The maximum absolute atomic E-state index is 12.5. The molecule has 0 amide bonds. The summed E-state index contributed by atoms with van der Waals surface area (Å²) in [5.74, 6) is 0.762. The van der Waals surface area contributed by atoms with E-state index in [-0.39, 0.29) is 34.4 Å². The molecule has 3 saturated carbocycles. The summed E-state index contributed by atoms with van der Waals surface area (Å²) < 4.78 is 0. The van der Waals surface area contributed by atoms with Crippen LogP contribution in [0.3, 0.4) is 0 Å². The van der Waals surface area contributed by atoms with E-state index in [9.17, 15) is 14.7 Å². The first-order chi connectivity index (χ1) is 11.8. The van der Waals surface area contributed by atoms with Crippen LogP contribution in [0.25, 0.3) is 10.4 Å². The second-order valence-corrected chi connectivity index (χ2v) is 8.83. The van der Waals surface area contributed by atoms with E-state index in [1.54, 1.807) is 6.08 Å². The second-order valence-electron chi connectivity index (χ2n) is 8.83. The van der Waals surface area contributed by atoms with Crippen molar-refractivity contribution in [1.82, 2.24) is 0 Å². The van der Waals surface area contributed by atoms with E-state index in [4.69, 9.17) is 5.53 Å². The molecule has 0 saturated heterocycles. The average Bonchev–Trinajstić information content (AvgIpc) is 2.88. The Bertz CT molecular complexity index is 725. The number of Topliss-reactive ketones (excluding diaryl/α,β-unsaturated/α-hetero) is 1. The normalized spacial score (nSPS) is 48.8. The van der Waals surface area contributed by atoms with Crippen LogP contribution in [0.4, 0.5) is 0 Å². The maximum atomic E-state index is 12.5. The van der Waals surface area contributed by atoms with E-state index in [1.165, 1.54) is 0 Å². The zero-order chi connectivity index (χ0) is 18.0. The van der Waals surface area contributed by atoms with Gasteiger partial charge in [0.1, 0.15) is 5.78 Å². The first-order valence-corrected chi connectivity index (χ1v) is 9.33. The predicted molar refractivity (Wildman–Crippen MR) is 91.4 cm³/mol. The van der Waals surface area contributed by atoms with E-state index < -0.39 is 12.1 Å². The standard InChI is InChI=1S/C19H25N3O3/c1-18-7-5-10(23)9-13(18)17(25)16(21-22-20)15-11-3-4-14(24)19(11,2)8-6-12(15)18/h9,11-12,15-17,25H,3-8H2,1-2H3/t11-,12-,15-,16-,17-,18+,19-/m0/s1. The van der Waals surface area contributed by atoms with Crippen LogP contribution < -0.4 is 0 Å². The van der Waals surface area contributed by atoms with Crippen molar-refractivity contribution in [3.05, 3.63) is 22.1 Å². The molecule has 0 bridgehead atoms. The summed E-state index contributed by atoms with van der Waals surface area (Å²) in [6.07, 6.45) is 5.04. The molecule has 0 aliphatic heterocycles. The molecule has 3 fully saturated rings. The number of carbonyl (C=O) groups is 2. The molecule has 1 N–H and O–H groups in total. The fraction of sp³-hybridized carbons (Fsp3) is 0.789. The first kappa shape index (κ1) is 16.8. The van der Waals surface area contributed by atoms with Crippen LogP contribution in [0, 0.1) is 28.6 Å². The summed E-state index contributed by atoms with van der Waals surface area (Å²) in [6, 6.07) is -0.587. The van der Waals surface area contributed by atoms with Gasteiger partial charge >= 0.3 is 0 Å². The summed E-state index contributed by atoms with van der Waals surface area (Å²) in [6.45, 7) is 4.21. The van der Waals surface area contributed by atoms with Crippen LogP contribution in [0.1, 0.15) is 52.4 Å². The smallest absolute Gasteiger partial charge is 0.155 e. The Morgan fingerprint density at radius 2 is 1.88 bits per heavy atom. The summed E-state index contributed by atoms with van der Waals surface area (Å²) in [4.78, 5) is 27.5. The first-order valence-electron chi connectivity index (χ1n) is 9.33. The van der Waals surface area contributed by atoms with Crippen LogP contribution in [-0.4, -0.2) is 28.8 Å². The van der Waals surface area contributed by atoms with E-state index in [0.29, 0.717) is 18.6 Å². The zero-order valence-corrected chi connectivity index (χ0v) is 14.8. The molecular weight excluding hydrogens is 318 g/mol. The Morgan fingerprint density at radius 3 is 2.60 bits per heavy atom. The fourth-order valence-electron chi connectivity index (χ4n) is 6.54. The van der Waals surface area contributed by atoms with Crippen molar-refractivity contribution < 1.29 is 14.7 Å². The molecule has 6 heteroatoms. The third-order valence-electron chi connectivity index (χ3n) is 7.95. The molecule has 0 aromatic heterocycles. The molecule has 4 aliphatic rings. The summed E-state index contributed by atoms with van der Waals surface area (Å²) in [7, 11) is 0. The SMILES string of the molecule is C[C@]12CCC(=O)C=C1[C@H](O)[C@@H](N=[N+]=[N-])[C@@H]1[C@@H]2CC[C@]2(C)C(=O)CC[C@@H]12. The number of fused-ring (bicyclic) bond motifs is 5. The van der Waals surface area contributed by atoms with Gasteiger partial charge in [0.2, 0.25) is 0 Å². The third kappa shape index (κ3) is 2.10. The molecule has 0 heterocycles. The predicted octanol–water partition coefficient (Wildman–Crippen LogP) is 3.35. The van der Waals surface area contributed by atoms with E-state index >= 15 is 0 Å². The van der Waals surface area contributed by atoms with Crippen LogP contribution in [0.15, 0.2) is 16.8 Å². The van der Waals surface area contributed by atoms with Crippen molar-refractivity contribution in [2.45, 2.75) is 64.5 Å². The Labute approximate surface area is 147 Å². The van der Waals surface area contributed by atoms with Gasteiger partial charge in [0.25, 0.3) is 0 Å². The van der Waals surface area contributed by atoms with Gasteiger partial charge in [0.05, 0.1) is 12.1 Å². The number of aliphatic hydroxyl groups excluding tert-OH is 1. The summed E-state index contributed by atoms with van der Waals surface area (Å²) in [5, 5.41) is 15.0. The van der Waals surface area contributed by atoms with Crippen molar-refractivity contribution in [3.8, 4) is 0 Å². The Kier molecular flexibility index (Phi) is 3.64. The molecule has 25 heavy (non-hydrogen) atoms. The number of aliphatic hydroxyl groups is 1. The molecule has 134 valence electrons. The van der Waals surface area contributed by atoms with Crippen molar-refractivity contribution in [1.29, 1.82) is 0 Å². The fourth-order valence-corrected chi connectivity index (χ4v) is 6.54. The van der Waals surface area contributed by atoms with Crippen molar-refractivity contribution in [3.63, 3.8) is 0 Å². The Balaban J connectivity index is 1.85. The second kappa shape index (κ2) is 5.42. The topological polar surface area (TPSA) is 103 Å². The van der Waals surface area contributed by atoms with Gasteiger partial charge < -0.3 is 5.11 Å². The van der Waals surface area contributed by atoms with Crippen molar-refractivity contribution in [2.75, 3.05) is 0 Å². The van der Waals surface area contributed by atoms with Gasteiger partial charge in [-0.2, -0.15) is 0 Å². The molecule has 0 aromatic carbocycles. The van der Waals surface area contributed by atoms with Crippen molar-refractivity contribution in [2.24, 2.45) is 33.7 Å². The number of carbonyl (C=O) groups excluding carboxylic acids is 2. The van der Waals surface area contributed by atoms with Crippen LogP contribution in [-0.2, 0) is 9.59 Å². The zero-order valence-electron chi connectivity index (χ0n) is 14.8. The lowest BCUT2D eigenvalue weighted by atomic mass is 9.46. The third-order valence-corrected chi connectivity index (χ3v) is 7.95. The number of azide groups is 1. The Hall–Kier alpha value is -1.65. The monoisotopic (exact) mass is 343 g/mol. The molecule has 0 aromatic rings. The van der Waals surface area contributed by atoms with Gasteiger partial charge in [0.15, 0.2) is 5.78 Å². The highest BCUT2D eigenvalue weighted by molar-refractivity contribution is 5.92. The largest absolute Gasteiger partial charge is 0.388 e. The van der Waals surface area contributed by atoms with E-state index in [2.05, 4.69) is 23.9 Å². The lowest BCUT2D eigenvalue weighted by Crippen LogP contribution is -2.59. The quantitative estimate of drug-likeness (QED) is 0.448. The van der Waals surface area contributed by atoms with Gasteiger partial charge in [-0.05, 0) is 66.0 Å². The van der Waals surface area contributed by atoms with Crippen LogP contribution in [0.5, 0.6) is 0 Å². The minimum atomic E-state index is -0.926. The number of nitrogens with zero attached hydrogens (tertiary/aromatic N) is 3. The molecule has 4 aliphatic carbocycles.